The SMILES string of the molecule is COc1ccc(C(O)COC(C)C(F)(F)F)cc1OC. The molecule has 1 N–H and O–H groups in total. The monoisotopic (exact) mass is 294 g/mol. The molecule has 0 fully saturated rings. The van der Waals surface area contributed by atoms with Crippen molar-refractivity contribution in [3.8, 4) is 11.5 Å². The summed E-state index contributed by atoms with van der Waals surface area (Å²) in [7, 11) is 2.89. The topological polar surface area (TPSA) is 47.9 Å². The molecule has 1 rings (SSSR count). The first kappa shape index (κ1) is 16.6. The maximum absolute atomic E-state index is 12.3. The quantitative estimate of drug-likeness (QED) is 0.876. The van der Waals surface area contributed by atoms with E-state index in [-0.39, 0.29) is 0 Å². The average Bonchev–Trinajstić information content (AvgIpc) is 2.42. The fourth-order valence-corrected chi connectivity index (χ4v) is 1.49. The first-order chi connectivity index (χ1) is 9.29. The van der Waals surface area contributed by atoms with Gasteiger partial charge >= 0.3 is 6.18 Å². The highest BCUT2D eigenvalue weighted by molar-refractivity contribution is 5.43. The molecule has 4 nitrogen and oxygen atoms in total. The van der Waals surface area contributed by atoms with Gasteiger partial charge in [-0.15, -0.1) is 0 Å². The largest absolute Gasteiger partial charge is 0.493 e. The van der Waals surface area contributed by atoms with E-state index < -0.39 is 25.0 Å². The van der Waals surface area contributed by atoms with Gasteiger partial charge in [0.1, 0.15) is 6.10 Å². The van der Waals surface area contributed by atoms with E-state index >= 15 is 0 Å². The van der Waals surface area contributed by atoms with E-state index in [1.807, 2.05) is 0 Å². The van der Waals surface area contributed by atoms with Crippen LogP contribution in [-0.4, -0.2) is 38.2 Å². The number of rotatable bonds is 6. The number of hydrogen-bond acceptors (Lipinski definition) is 4. The highest BCUT2D eigenvalue weighted by atomic mass is 19.4. The van der Waals surface area contributed by atoms with Gasteiger partial charge in [-0.2, -0.15) is 13.2 Å². The summed E-state index contributed by atoms with van der Waals surface area (Å²) in [6.45, 7) is 0.428. The lowest BCUT2D eigenvalue weighted by molar-refractivity contribution is -0.219. The Morgan fingerprint density at radius 2 is 1.75 bits per heavy atom. The van der Waals surface area contributed by atoms with Gasteiger partial charge in [0.15, 0.2) is 17.6 Å². The van der Waals surface area contributed by atoms with Gasteiger partial charge in [-0.1, -0.05) is 6.07 Å². The molecule has 0 saturated heterocycles. The summed E-state index contributed by atoms with van der Waals surface area (Å²) in [5.41, 5.74) is 0.386. The Labute approximate surface area is 115 Å². The first-order valence-electron chi connectivity index (χ1n) is 5.88. The fraction of sp³-hybridized carbons (Fsp3) is 0.538. The van der Waals surface area contributed by atoms with E-state index in [4.69, 9.17) is 9.47 Å². The molecular weight excluding hydrogens is 277 g/mol. The molecule has 0 saturated carbocycles. The molecule has 0 spiro atoms. The van der Waals surface area contributed by atoms with Gasteiger partial charge in [-0.25, -0.2) is 0 Å². The Balaban J connectivity index is 2.70. The normalized spacial score (nSPS) is 14.8. The highest BCUT2D eigenvalue weighted by Gasteiger charge is 2.37. The molecule has 0 heterocycles. The Hall–Kier alpha value is -1.47. The zero-order valence-electron chi connectivity index (χ0n) is 11.4. The molecule has 0 aliphatic heterocycles. The van der Waals surface area contributed by atoms with Gasteiger partial charge in [-0.05, 0) is 24.6 Å². The number of hydrogen-bond donors (Lipinski definition) is 1. The van der Waals surface area contributed by atoms with E-state index in [9.17, 15) is 18.3 Å². The molecular formula is C13H17F3O4. The molecule has 20 heavy (non-hydrogen) atoms. The lowest BCUT2D eigenvalue weighted by Gasteiger charge is -2.19. The minimum absolute atomic E-state index is 0.382. The van der Waals surface area contributed by atoms with Crippen LogP contribution in [0.1, 0.15) is 18.6 Å². The molecule has 0 aliphatic rings. The number of aliphatic hydroxyl groups excluding tert-OH is 1. The molecule has 0 radical (unpaired) electrons. The van der Waals surface area contributed by atoms with Gasteiger partial charge in [-0.3, -0.25) is 0 Å². The summed E-state index contributed by atoms with van der Waals surface area (Å²) < 4.78 is 51.5. The van der Waals surface area contributed by atoms with Crippen molar-refractivity contribution < 1.29 is 32.5 Å². The van der Waals surface area contributed by atoms with Crippen molar-refractivity contribution in [1.29, 1.82) is 0 Å². The molecule has 0 aromatic heterocycles. The summed E-state index contributed by atoms with van der Waals surface area (Å²) in [6.07, 6.45) is -7.56. The Morgan fingerprint density at radius 1 is 1.15 bits per heavy atom. The minimum atomic E-state index is -4.45. The second-order valence-electron chi connectivity index (χ2n) is 4.15. The third kappa shape index (κ3) is 4.28. The summed E-state index contributed by atoms with van der Waals surface area (Å²) in [6, 6.07) is 4.59. The lowest BCUT2D eigenvalue weighted by atomic mass is 10.1. The minimum Gasteiger partial charge on any atom is -0.493 e. The number of methoxy groups -OCH3 is 2. The van der Waals surface area contributed by atoms with Gasteiger partial charge in [0.2, 0.25) is 0 Å². The third-order valence-corrected chi connectivity index (χ3v) is 2.76. The van der Waals surface area contributed by atoms with Crippen LogP contribution in [0.4, 0.5) is 13.2 Å². The summed E-state index contributed by atoms with van der Waals surface area (Å²) >= 11 is 0. The third-order valence-electron chi connectivity index (χ3n) is 2.76. The number of benzene rings is 1. The number of alkyl halides is 3. The van der Waals surface area contributed by atoms with Crippen LogP contribution in [0.25, 0.3) is 0 Å². The second-order valence-corrected chi connectivity index (χ2v) is 4.15. The molecule has 0 bridgehead atoms. The molecule has 1 aromatic carbocycles. The van der Waals surface area contributed by atoms with E-state index in [0.29, 0.717) is 17.1 Å². The Morgan fingerprint density at radius 3 is 2.25 bits per heavy atom. The molecule has 1 aromatic rings. The van der Waals surface area contributed by atoms with Crippen molar-refractivity contribution in [3.05, 3.63) is 23.8 Å². The van der Waals surface area contributed by atoms with Crippen molar-refractivity contribution >= 4 is 0 Å². The van der Waals surface area contributed by atoms with Gasteiger partial charge in [0.05, 0.1) is 20.8 Å². The number of aliphatic hydroxyl groups is 1. The first-order valence-corrected chi connectivity index (χ1v) is 5.88. The van der Waals surface area contributed by atoms with Crippen LogP contribution < -0.4 is 9.47 Å². The zero-order valence-corrected chi connectivity index (χ0v) is 11.4. The van der Waals surface area contributed by atoms with Crippen LogP contribution in [0.2, 0.25) is 0 Å². The maximum Gasteiger partial charge on any atom is 0.414 e. The van der Waals surface area contributed by atoms with E-state index in [1.165, 1.54) is 26.4 Å². The summed E-state index contributed by atoms with van der Waals surface area (Å²) in [5.74, 6) is 0.848. The number of halogens is 3. The van der Waals surface area contributed by atoms with Crippen molar-refractivity contribution in [2.45, 2.75) is 25.3 Å². The van der Waals surface area contributed by atoms with Crippen LogP contribution in [0, 0.1) is 0 Å². The molecule has 114 valence electrons. The molecule has 7 heteroatoms. The van der Waals surface area contributed by atoms with Crippen LogP contribution in [-0.2, 0) is 4.74 Å². The van der Waals surface area contributed by atoms with Crippen LogP contribution in [0.5, 0.6) is 11.5 Å². The van der Waals surface area contributed by atoms with E-state index in [1.54, 1.807) is 6.07 Å². The van der Waals surface area contributed by atoms with E-state index in [0.717, 1.165) is 6.92 Å². The predicted molar refractivity (Wildman–Crippen MR) is 66.0 cm³/mol. The van der Waals surface area contributed by atoms with Crippen molar-refractivity contribution in [3.63, 3.8) is 0 Å². The van der Waals surface area contributed by atoms with Crippen LogP contribution >= 0.6 is 0 Å². The van der Waals surface area contributed by atoms with Crippen molar-refractivity contribution in [2.75, 3.05) is 20.8 Å². The van der Waals surface area contributed by atoms with Gasteiger partial charge < -0.3 is 19.3 Å². The molecule has 0 amide bonds. The van der Waals surface area contributed by atoms with Crippen molar-refractivity contribution in [2.24, 2.45) is 0 Å². The standard InChI is InChI=1S/C13H17F3O4/c1-8(13(14,15)16)20-7-10(17)9-4-5-11(18-2)12(6-9)19-3/h4-6,8,10,17H,7H2,1-3H3. The van der Waals surface area contributed by atoms with Crippen LogP contribution in [0.15, 0.2) is 18.2 Å². The zero-order chi connectivity index (χ0) is 15.3. The Bertz CT molecular complexity index is 434. The predicted octanol–water partition coefficient (Wildman–Crippen LogP) is 2.70. The smallest absolute Gasteiger partial charge is 0.414 e. The Kier molecular flexibility index (Phi) is 5.64. The molecule has 2 atom stereocenters. The average molecular weight is 294 g/mol. The second kappa shape index (κ2) is 6.81. The molecule has 2 unspecified atom stereocenters. The maximum atomic E-state index is 12.3. The number of ether oxygens (including phenoxy) is 3. The van der Waals surface area contributed by atoms with Crippen molar-refractivity contribution in [1.82, 2.24) is 0 Å². The molecule has 0 aliphatic carbocycles. The summed E-state index contributed by atoms with van der Waals surface area (Å²) in [5, 5.41) is 9.83. The van der Waals surface area contributed by atoms with E-state index in [2.05, 4.69) is 4.74 Å². The van der Waals surface area contributed by atoms with Gasteiger partial charge in [0.25, 0.3) is 0 Å². The summed E-state index contributed by atoms with van der Waals surface area (Å²) in [4.78, 5) is 0. The van der Waals surface area contributed by atoms with Gasteiger partial charge in [0, 0.05) is 0 Å². The fourth-order valence-electron chi connectivity index (χ4n) is 1.49. The van der Waals surface area contributed by atoms with Crippen LogP contribution in [0.3, 0.4) is 0 Å². The lowest BCUT2D eigenvalue weighted by Crippen LogP contribution is -2.30. The highest BCUT2D eigenvalue weighted by Crippen LogP contribution is 2.30.